The van der Waals surface area contributed by atoms with Gasteiger partial charge in [0, 0.05) is 27.6 Å². The van der Waals surface area contributed by atoms with Crippen molar-refractivity contribution in [2.75, 3.05) is 0 Å². The fourth-order valence-corrected chi connectivity index (χ4v) is 2.31. The molecule has 1 heterocycles. The van der Waals surface area contributed by atoms with Crippen LogP contribution in [0.4, 0.5) is 0 Å². The summed E-state index contributed by atoms with van der Waals surface area (Å²) >= 11 is 6.14. The Kier molecular flexibility index (Phi) is 3.02. The van der Waals surface area contributed by atoms with Crippen molar-refractivity contribution in [2.45, 2.75) is 0 Å². The molecule has 0 atom stereocenters. The first-order valence-electron chi connectivity index (χ1n) is 5.90. The van der Waals surface area contributed by atoms with Gasteiger partial charge in [0.05, 0.1) is 0 Å². The molecular weight excluding hydrogens is 258 g/mol. The number of hydrogen-bond donors (Lipinski definition) is 0. The number of nitrogens with zero attached hydrogens (tertiary/aromatic N) is 1. The van der Waals surface area contributed by atoms with E-state index in [9.17, 15) is 4.79 Å². The number of benzene rings is 2. The number of ketones is 1. The molecule has 0 N–H and O–H groups in total. The predicted molar refractivity (Wildman–Crippen MR) is 76.6 cm³/mol. The third-order valence-electron chi connectivity index (χ3n) is 3.00. The zero-order valence-electron chi connectivity index (χ0n) is 10.0. The van der Waals surface area contributed by atoms with Crippen molar-refractivity contribution in [3.8, 4) is 0 Å². The molecule has 0 bridgehead atoms. The number of rotatable bonds is 2. The van der Waals surface area contributed by atoms with Gasteiger partial charge in [-0.1, -0.05) is 54.1 Å². The molecule has 2 nitrogen and oxygen atoms in total. The summed E-state index contributed by atoms with van der Waals surface area (Å²) in [7, 11) is 0. The quantitative estimate of drug-likeness (QED) is 0.654. The number of carbonyl (C=O) groups excluding carboxylic acids is 1. The lowest BCUT2D eigenvalue weighted by molar-refractivity contribution is 0.103. The van der Waals surface area contributed by atoms with Gasteiger partial charge in [0.25, 0.3) is 0 Å². The van der Waals surface area contributed by atoms with Crippen LogP contribution in [0.25, 0.3) is 10.8 Å². The molecule has 0 unspecified atom stereocenters. The van der Waals surface area contributed by atoms with Crippen LogP contribution < -0.4 is 0 Å². The maximum atomic E-state index is 12.5. The van der Waals surface area contributed by atoms with Crippen LogP contribution in [-0.4, -0.2) is 10.8 Å². The Bertz CT molecular complexity index is 753. The largest absolute Gasteiger partial charge is 0.287 e. The van der Waals surface area contributed by atoms with Crippen molar-refractivity contribution < 1.29 is 4.79 Å². The Morgan fingerprint density at radius 3 is 2.47 bits per heavy atom. The minimum Gasteiger partial charge on any atom is -0.287 e. The minimum absolute atomic E-state index is 0.0894. The average molecular weight is 268 g/mol. The number of pyridine rings is 1. The van der Waals surface area contributed by atoms with Gasteiger partial charge in [-0.05, 0) is 12.1 Å². The maximum absolute atomic E-state index is 12.5. The van der Waals surface area contributed by atoms with Crippen molar-refractivity contribution >= 4 is 28.2 Å². The van der Waals surface area contributed by atoms with E-state index < -0.39 is 0 Å². The van der Waals surface area contributed by atoms with Crippen LogP contribution in [0, 0.1) is 0 Å². The van der Waals surface area contributed by atoms with Gasteiger partial charge in [-0.25, -0.2) is 0 Å². The van der Waals surface area contributed by atoms with Crippen molar-refractivity contribution in [1.82, 2.24) is 4.98 Å². The highest BCUT2D eigenvalue weighted by Gasteiger charge is 2.14. The summed E-state index contributed by atoms with van der Waals surface area (Å²) in [5.74, 6) is -0.0894. The van der Waals surface area contributed by atoms with Crippen LogP contribution in [0.3, 0.4) is 0 Å². The Morgan fingerprint density at radius 1 is 0.895 bits per heavy atom. The second kappa shape index (κ2) is 4.82. The molecule has 19 heavy (non-hydrogen) atoms. The summed E-state index contributed by atoms with van der Waals surface area (Å²) in [6.07, 6.45) is 1.62. The van der Waals surface area contributed by atoms with Gasteiger partial charge in [-0.2, -0.15) is 0 Å². The van der Waals surface area contributed by atoms with Crippen LogP contribution in [-0.2, 0) is 0 Å². The average Bonchev–Trinajstić information content (AvgIpc) is 2.47. The molecule has 0 aliphatic heterocycles. The monoisotopic (exact) mass is 267 g/mol. The molecule has 0 amide bonds. The number of halogens is 1. The van der Waals surface area contributed by atoms with E-state index in [2.05, 4.69) is 4.98 Å². The van der Waals surface area contributed by atoms with E-state index in [4.69, 9.17) is 11.6 Å². The molecule has 1 aromatic heterocycles. The molecule has 0 aliphatic rings. The SMILES string of the molecule is O=C(c1ccccc1)c1nccc2c(Cl)cccc12. The molecule has 0 aliphatic carbocycles. The Labute approximate surface area is 115 Å². The maximum Gasteiger partial charge on any atom is 0.211 e. The second-order valence-corrected chi connectivity index (χ2v) is 4.60. The van der Waals surface area contributed by atoms with Crippen LogP contribution in [0.15, 0.2) is 60.8 Å². The number of aromatic nitrogens is 1. The molecule has 0 saturated heterocycles. The molecule has 0 radical (unpaired) electrons. The highest BCUT2D eigenvalue weighted by Crippen LogP contribution is 2.25. The Hall–Kier alpha value is -2.19. The van der Waals surface area contributed by atoms with E-state index in [0.29, 0.717) is 16.3 Å². The Morgan fingerprint density at radius 2 is 1.68 bits per heavy atom. The summed E-state index contributed by atoms with van der Waals surface area (Å²) in [6, 6.07) is 16.4. The van der Waals surface area contributed by atoms with Gasteiger partial charge in [0.1, 0.15) is 5.69 Å². The molecule has 92 valence electrons. The van der Waals surface area contributed by atoms with E-state index in [0.717, 1.165) is 10.8 Å². The third-order valence-corrected chi connectivity index (χ3v) is 3.33. The first-order valence-corrected chi connectivity index (χ1v) is 6.28. The fourth-order valence-electron chi connectivity index (χ4n) is 2.08. The normalized spacial score (nSPS) is 10.6. The lowest BCUT2D eigenvalue weighted by Crippen LogP contribution is -2.04. The topological polar surface area (TPSA) is 30.0 Å². The lowest BCUT2D eigenvalue weighted by Gasteiger charge is -2.06. The molecule has 2 aromatic carbocycles. The van der Waals surface area contributed by atoms with Crippen LogP contribution in [0.2, 0.25) is 5.02 Å². The number of hydrogen-bond acceptors (Lipinski definition) is 2. The summed E-state index contributed by atoms with van der Waals surface area (Å²) in [4.78, 5) is 16.7. The highest BCUT2D eigenvalue weighted by molar-refractivity contribution is 6.36. The molecule has 3 rings (SSSR count). The molecule has 3 aromatic rings. The summed E-state index contributed by atoms with van der Waals surface area (Å²) < 4.78 is 0. The van der Waals surface area contributed by atoms with E-state index in [1.54, 1.807) is 24.4 Å². The van der Waals surface area contributed by atoms with Gasteiger partial charge in [0.15, 0.2) is 0 Å². The first-order chi connectivity index (χ1) is 9.27. The number of carbonyl (C=O) groups is 1. The highest BCUT2D eigenvalue weighted by atomic mass is 35.5. The summed E-state index contributed by atoms with van der Waals surface area (Å²) in [6.45, 7) is 0. The standard InChI is InChI=1S/C16H10ClNO/c17-14-8-4-7-13-12(14)9-10-18-15(13)16(19)11-5-2-1-3-6-11/h1-10H. The van der Waals surface area contributed by atoms with Crippen molar-refractivity contribution in [3.63, 3.8) is 0 Å². The zero-order valence-corrected chi connectivity index (χ0v) is 10.8. The summed E-state index contributed by atoms with van der Waals surface area (Å²) in [5, 5.41) is 2.25. The molecule has 3 heteroatoms. The third kappa shape index (κ3) is 2.11. The van der Waals surface area contributed by atoms with Crippen LogP contribution in [0.5, 0.6) is 0 Å². The van der Waals surface area contributed by atoms with Crippen molar-refractivity contribution in [3.05, 3.63) is 77.1 Å². The predicted octanol–water partition coefficient (Wildman–Crippen LogP) is 4.12. The van der Waals surface area contributed by atoms with Gasteiger partial charge in [0.2, 0.25) is 5.78 Å². The van der Waals surface area contributed by atoms with Crippen molar-refractivity contribution in [2.24, 2.45) is 0 Å². The summed E-state index contributed by atoms with van der Waals surface area (Å²) in [5.41, 5.74) is 1.06. The van der Waals surface area contributed by atoms with E-state index in [-0.39, 0.29) is 5.78 Å². The van der Waals surface area contributed by atoms with E-state index in [1.165, 1.54) is 0 Å². The van der Waals surface area contributed by atoms with E-state index >= 15 is 0 Å². The van der Waals surface area contributed by atoms with Gasteiger partial charge in [-0.3, -0.25) is 9.78 Å². The molecular formula is C16H10ClNO. The van der Waals surface area contributed by atoms with Gasteiger partial charge < -0.3 is 0 Å². The minimum atomic E-state index is -0.0894. The lowest BCUT2D eigenvalue weighted by atomic mass is 10.0. The second-order valence-electron chi connectivity index (χ2n) is 4.19. The Balaban J connectivity index is 2.21. The van der Waals surface area contributed by atoms with Crippen molar-refractivity contribution in [1.29, 1.82) is 0 Å². The molecule has 0 spiro atoms. The molecule has 0 saturated carbocycles. The fraction of sp³-hybridized carbons (Fsp3) is 0. The van der Waals surface area contributed by atoms with Gasteiger partial charge in [-0.15, -0.1) is 0 Å². The van der Waals surface area contributed by atoms with Crippen LogP contribution >= 0.6 is 11.6 Å². The number of fused-ring (bicyclic) bond motifs is 1. The zero-order chi connectivity index (χ0) is 13.2. The van der Waals surface area contributed by atoms with E-state index in [1.807, 2.05) is 36.4 Å². The van der Waals surface area contributed by atoms with Gasteiger partial charge >= 0.3 is 0 Å². The molecule has 0 fully saturated rings. The smallest absolute Gasteiger partial charge is 0.211 e. The van der Waals surface area contributed by atoms with Crippen LogP contribution in [0.1, 0.15) is 16.1 Å². The first kappa shape index (κ1) is 11.9.